The Morgan fingerprint density at radius 1 is 1.06 bits per heavy atom. The molecule has 0 amide bonds. The minimum atomic E-state index is 0. The van der Waals surface area contributed by atoms with Crippen LogP contribution in [0.1, 0.15) is 19.3 Å². The van der Waals surface area contributed by atoms with Gasteiger partial charge in [0.05, 0.1) is 0 Å². The minimum absolute atomic E-state index is 0. The first kappa shape index (κ1) is 27.7. The summed E-state index contributed by atoms with van der Waals surface area (Å²) in [5, 5.41) is 12.1. The minimum Gasteiger partial charge on any atom is -0.668 e. The van der Waals surface area contributed by atoms with Crippen molar-refractivity contribution in [2.45, 2.75) is 29.9 Å². The van der Waals surface area contributed by atoms with Crippen LogP contribution in [-0.4, -0.2) is 51.7 Å². The van der Waals surface area contributed by atoms with Gasteiger partial charge in [-0.05, 0) is 12.8 Å². The Bertz CT molecular complexity index is 132. The fourth-order valence-electron chi connectivity index (χ4n) is 1.24. The van der Waals surface area contributed by atoms with Crippen molar-refractivity contribution in [3.8, 4) is 0 Å². The molecule has 1 aliphatic rings. The van der Waals surface area contributed by atoms with E-state index >= 15 is 0 Å². The molecule has 108 valence electrons. The smallest absolute Gasteiger partial charge is 0.668 e. The third-order valence-corrected chi connectivity index (χ3v) is 3.86. The van der Waals surface area contributed by atoms with Gasteiger partial charge in [-0.15, -0.1) is 17.5 Å². The molecule has 6 heteroatoms. The molecule has 1 rings (SSSR count). The SMILES string of the molecule is C[N-]C.C[N-]C.C[N-]CSC1CCCC1Cl.[CH3-].[Hf+4]. The molecule has 2 atom stereocenters. The molecule has 0 bridgehead atoms. The van der Waals surface area contributed by atoms with Crippen molar-refractivity contribution in [1.29, 1.82) is 0 Å². The van der Waals surface area contributed by atoms with E-state index in [-0.39, 0.29) is 33.3 Å². The Balaban J connectivity index is -0.000000106. The van der Waals surface area contributed by atoms with Crippen molar-refractivity contribution < 1.29 is 25.8 Å². The van der Waals surface area contributed by atoms with Crippen LogP contribution in [0.3, 0.4) is 0 Å². The van der Waals surface area contributed by atoms with E-state index in [1.165, 1.54) is 19.3 Å². The van der Waals surface area contributed by atoms with Gasteiger partial charge in [-0.25, -0.2) is 0 Å². The van der Waals surface area contributed by atoms with Crippen LogP contribution in [0.5, 0.6) is 0 Å². The molecule has 0 heterocycles. The molecule has 0 N–H and O–H groups in total. The third kappa shape index (κ3) is 19.7. The van der Waals surface area contributed by atoms with E-state index in [1.807, 2.05) is 18.8 Å². The number of alkyl halides is 1. The van der Waals surface area contributed by atoms with Gasteiger partial charge in [0.15, 0.2) is 0 Å². The van der Waals surface area contributed by atoms with Gasteiger partial charge in [0.25, 0.3) is 0 Å². The van der Waals surface area contributed by atoms with E-state index in [2.05, 4.69) is 16.0 Å². The van der Waals surface area contributed by atoms with E-state index in [9.17, 15) is 0 Å². The van der Waals surface area contributed by atoms with Gasteiger partial charge in [0.2, 0.25) is 0 Å². The molecule has 0 aromatic carbocycles. The summed E-state index contributed by atoms with van der Waals surface area (Å²) >= 11 is 7.94. The van der Waals surface area contributed by atoms with Crippen LogP contribution in [0.4, 0.5) is 0 Å². The van der Waals surface area contributed by atoms with Crippen LogP contribution in [-0.2, 0) is 25.8 Å². The fraction of sp³-hybridized carbons (Fsp3) is 0.917. The predicted molar refractivity (Wildman–Crippen MR) is 85.8 cm³/mol. The molecular weight excluding hydrogens is 432 g/mol. The quantitative estimate of drug-likeness (QED) is 0.347. The van der Waals surface area contributed by atoms with Gasteiger partial charge in [-0.3, -0.25) is 0 Å². The maximum Gasteiger partial charge on any atom is 4.00 e. The second-order valence-corrected chi connectivity index (χ2v) is 5.25. The number of halogens is 1. The number of nitrogens with zero attached hydrogens (tertiary/aromatic N) is 3. The summed E-state index contributed by atoms with van der Waals surface area (Å²) in [6, 6.07) is 0. The van der Waals surface area contributed by atoms with Crippen molar-refractivity contribution >= 4 is 23.4 Å². The Kier molecular flexibility index (Phi) is 36.1. The molecule has 1 aliphatic carbocycles. The average molecular weight is 460 g/mol. The zero-order chi connectivity index (χ0) is 12.8. The summed E-state index contributed by atoms with van der Waals surface area (Å²) in [6.45, 7) is 0. The Hall–Kier alpha value is 1.39. The van der Waals surface area contributed by atoms with Crippen LogP contribution in [0.25, 0.3) is 16.0 Å². The number of rotatable bonds is 3. The summed E-state index contributed by atoms with van der Waals surface area (Å²) in [7, 11) is 8.85. The molecule has 1 fully saturated rings. The molecular formula is C12H28ClHfN3S. The van der Waals surface area contributed by atoms with Gasteiger partial charge in [-0.1, -0.05) is 6.42 Å². The van der Waals surface area contributed by atoms with E-state index < -0.39 is 0 Å². The maximum absolute atomic E-state index is 6.05. The molecule has 0 saturated heterocycles. The first-order chi connectivity index (χ1) is 7.67. The number of hydrogen-bond donors (Lipinski definition) is 0. The molecule has 3 nitrogen and oxygen atoms in total. The van der Waals surface area contributed by atoms with Crippen molar-refractivity contribution in [2.24, 2.45) is 0 Å². The molecule has 0 radical (unpaired) electrons. The van der Waals surface area contributed by atoms with Crippen LogP contribution in [0.2, 0.25) is 0 Å². The number of thioether (sulfide) groups is 1. The molecule has 1 saturated carbocycles. The summed E-state index contributed by atoms with van der Waals surface area (Å²) in [6.07, 6.45) is 3.78. The summed E-state index contributed by atoms with van der Waals surface area (Å²) in [5.41, 5.74) is 0. The van der Waals surface area contributed by atoms with Crippen LogP contribution in [0, 0.1) is 7.43 Å². The normalized spacial score (nSPS) is 20.3. The standard InChI is InChI=1S/C7H13ClNS.2C2H6N.CH3.Hf/c1-9-5-10-7-4-2-3-6(7)8;2*1-3-2;;/h6-7H,2-5H2,1H3;2*1-2H3;1H3;/q4*-1;+4. The van der Waals surface area contributed by atoms with E-state index in [0.29, 0.717) is 10.6 Å². The molecule has 0 aliphatic heterocycles. The van der Waals surface area contributed by atoms with Gasteiger partial charge in [0, 0.05) is 10.6 Å². The summed E-state index contributed by atoms with van der Waals surface area (Å²) in [4.78, 5) is 0. The first-order valence-corrected chi connectivity index (χ1v) is 6.93. The van der Waals surface area contributed by atoms with Gasteiger partial charge in [0.1, 0.15) is 0 Å². The topological polar surface area (TPSA) is 42.3 Å². The predicted octanol–water partition coefficient (Wildman–Crippen LogP) is 4.53. The van der Waals surface area contributed by atoms with E-state index in [4.69, 9.17) is 11.6 Å². The van der Waals surface area contributed by atoms with Crippen molar-refractivity contribution in [3.63, 3.8) is 0 Å². The zero-order valence-electron chi connectivity index (χ0n) is 12.6. The fourth-order valence-corrected chi connectivity index (χ4v) is 2.76. The second-order valence-electron chi connectivity index (χ2n) is 3.49. The molecule has 18 heavy (non-hydrogen) atoms. The monoisotopic (exact) mass is 461 g/mol. The Morgan fingerprint density at radius 3 is 1.78 bits per heavy atom. The Morgan fingerprint density at radius 2 is 1.50 bits per heavy atom. The van der Waals surface area contributed by atoms with Crippen LogP contribution in [0.15, 0.2) is 0 Å². The number of hydrogen-bond acceptors (Lipinski definition) is 1. The van der Waals surface area contributed by atoms with Crippen molar-refractivity contribution in [3.05, 3.63) is 23.4 Å². The zero-order valence-corrected chi connectivity index (χ0v) is 17.8. The van der Waals surface area contributed by atoms with Crippen LogP contribution < -0.4 is 0 Å². The molecule has 0 aromatic rings. The van der Waals surface area contributed by atoms with Gasteiger partial charge >= 0.3 is 25.8 Å². The van der Waals surface area contributed by atoms with Crippen molar-refractivity contribution in [2.75, 3.05) is 41.1 Å². The summed E-state index contributed by atoms with van der Waals surface area (Å²) < 4.78 is 0. The molecule has 0 aromatic heterocycles. The summed E-state index contributed by atoms with van der Waals surface area (Å²) in [5.74, 6) is 0.911. The average Bonchev–Trinajstić information content (AvgIpc) is 2.63. The maximum atomic E-state index is 6.05. The van der Waals surface area contributed by atoms with Gasteiger partial charge < -0.3 is 23.4 Å². The van der Waals surface area contributed by atoms with E-state index in [0.717, 1.165) is 5.88 Å². The largest absolute Gasteiger partial charge is 4.00 e. The Labute approximate surface area is 143 Å². The van der Waals surface area contributed by atoms with E-state index in [1.54, 1.807) is 28.2 Å². The third-order valence-electron chi connectivity index (χ3n) is 1.79. The van der Waals surface area contributed by atoms with Crippen molar-refractivity contribution in [1.82, 2.24) is 0 Å². The molecule has 2 unspecified atom stereocenters. The first-order valence-electron chi connectivity index (χ1n) is 5.44. The second kappa shape index (κ2) is 23.5. The van der Waals surface area contributed by atoms with Gasteiger partial charge in [-0.2, -0.15) is 47.0 Å². The van der Waals surface area contributed by atoms with Crippen LogP contribution >= 0.6 is 23.4 Å². The molecule has 0 spiro atoms.